The second-order valence-corrected chi connectivity index (χ2v) is 136. The van der Waals surface area contributed by atoms with Crippen LogP contribution in [0.5, 0.6) is 0 Å². The van der Waals surface area contributed by atoms with Gasteiger partial charge in [-0.3, -0.25) is 0 Å². The third kappa shape index (κ3) is 16.6. The van der Waals surface area contributed by atoms with Gasteiger partial charge in [-0.1, -0.05) is 64.4 Å². The SMILES string of the molecule is CC1=C2[C@H](OP(P(P)P)P(PP)P(P)P)C[C@]3(C)[C@@H](OP(P(P)P)P(P)P)CC=C(OP(P)P(P)P)[C@H]3[C@@H]3OC(=O)O[C@@]3(C[C@@H]1OP(P)P(P(P)P)P(P(P)P)P(P)P)C2(C)C. The summed E-state index contributed by atoms with van der Waals surface area (Å²) in [6.07, 6.45) is 2.08. The number of fused-ring (bicyclic) bond motifs is 3. The molecular formula is C20H63O7P35. The molecule has 1 heterocycles. The first kappa shape index (κ1) is 68.0. The molecule has 42 heteroatoms. The Morgan fingerprint density at radius 3 is 1.68 bits per heavy atom. The third-order valence-corrected chi connectivity index (χ3v) is 168. The lowest BCUT2D eigenvalue weighted by Gasteiger charge is -2.60. The van der Waals surface area contributed by atoms with Crippen molar-refractivity contribution in [3.8, 4) is 0 Å². The van der Waals surface area contributed by atoms with Gasteiger partial charge in [0.05, 0.1) is 46.8 Å². The molecule has 1 saturated carbocycles. The normalized spacial score (nSPS) is 31.7. The van der Waals surface area contributed by atoms with E-state index in [4.69, 9.17) is 27.6 Å². The first-order chi connectivity index (χ1) is 28.6. The summed E-state index contributed by atoms with van der Waals surface area (Å²) in [7, 11) is 56.2. The molecule has 32 atom stereocenters. The van der Waals surface area contributed by atoms with E-state index in [0.717, 1.165) is 13.7 Å². The molecule has 1 spiro atoms. The van der Waals surface area contributed by atoms with Gasteiger partial charge in [-0.2, -0.15) is 0 Å². The molecule has 360 valence electrons. The molecule has 1 saturated heterocycles. The van der Waals surface area contributed by atoms with E-state index in [2.05, 4.69) is 203 Å². The van der Waals surface area contributed by atoms with Crippen LogP contribution in [-0.4, -0.2) is 36.2 Å². The van der Waals surface area contributed by atoms with Crippen LogP contribution in [0.2, 0.25) is 0 Å². The van der Waals surface area contributed by atoms with Crippen molar-refractivity contribution < 1.29 is 32.4 Å². The fourth-order valence-corrected chi connectivity index (χ4v) is 240. The van der Waals surface area contributed by atoms with Crippen molar-refractivity contribution in [3.05, 3.63) is 23.0 Å². The number of carbonyl (C=O) groups is 1. The average Bonchev–Trinajstić information content (AvgIpc) is 3.46. The van der Waals surface area contributed by atoms with Crippen molar-refractivity contribution in [2.75, 3.05) is 0 Å². The predicted molar refractivity (Wildman–Crippen MR) is 386 cm³/mol. The molecule has 62 heavy (non-hydrogen) atoms. The molecule has 3 aliphatic carbocycles. The zero-order valence-electron chi connectivity index (χ0n) is 34.1. The Morgan fingerprint density at radius 2 is 1.21 bits per heavy atom. The summed E-state index contributed by atoms with van der Waals surface area (Å²) in [4.78, 5) is 14.2. The molecule has 0 aromatic carbocycles. The highest BCUT2D eigenvalue weighted by atomic mass is 33.3. The number of carbonyl (C=O) groups excluding carboxylic acids is 1. The largest absolute Gasteiger partial charge is 0.509 e. The van der Waals surface area contributed by atoms with Crippen LogP contribution in [-0.2, 0) is 27.6 Å². The Hall–Kier alpha value is 13.5. The maximum atomic E-state index is 14.2. The van der Waals surface area contributed by atoms with E-state index >= 15 is 0 Å². The lowest BCUT2D eigenvalue weighted by molar-refractivity contribution is -0.152. The molecule has 7 nitrogen and oxygen atoms in total. The van der Waals surface area contributed by atoms with Crippen LogP contribution in [0, 0.1) is 16.7 Å². The number of ether oxygens (including phenoxy) is 2. The maximum absolute atomic E-state index is 14.2. The molecule has 2 bridgehead atoms. The zero-order chi connectivity index (χ0) is 47.1. The molecule has 0 N–H and O–H groups in total. The number of hydrogen-bond acceptors (Lipinski definition) is 7. The van der Waals surface area contributed by atoms with Crippen LogP contribution in [0.15, 0.2) is 23.0 Å². The minimum atomic E-state index is -1.08. The molecule has 25 unspecified atom stereocenters. The summed E-state index contributed by atoms with van der Waals surface area (Å²) < 4.78 is 43.8. The van der Waals surface area contributed by atoms with Gasteiger partial charge in [0.25, 0.3) is 0 Å². The molecule has 4 aliphatic rings. The van der Waals surface area contributed by atoms with Gasteiger partial charge in [0.2, 0.25) is 0 Å². The van der Waals surface area contributed by atoms with Gasteiger partial charge < -0.3 is 27.6 Å². The summed E-state index contributed by atoms with van der Waals surface area (Å²) in [5.74, 6) is 0.524. The summed E-state index contributed by atoms with van der Waals surface area (Å²) in [6, 6.07) is 0. The maximum Gasteiger partial charge on any atom is 0.509 e. The monoisotopic (exact) mass is 1500 g/mol. The Labute approximate surface area is 435 Å². The lowest BCUT2D eigenvalue weighted by Crippen LogP contribution is -2.66. The molecule has 0 aromatic rings. The molecule has 0 amide bonds. The van der Waals surface area contributed by atoms with E-state index in [-0.39, 0.29) is 52.2 Å². The molecule has 0 radical (unpaired) electrons. The predicted octanol–water partition coefficient (Wildman–Crippen LogP) is 23.1. The highest BCUT2D eigenvalue weighted by Gasteiger charge is 2.73. The number of hydrogen-bond donors (Lipinski definition) is 0. The van der Waals surface area contributed by atoms with E-state index in [1.165, 1.54) is 11.1 Å². The van der Waals surface area contributed by atoms with Crippen LogP contribution in [0.1, 0.15) is 47.0 Å². The highest BCUT2D eigenvalue weighted by molar-refractivity contribution is 9.25. The van der Waals surface area contributed by atoms with E-state index in [1.54, 1.807) is 0 Å². The van der Waals surface area contributed by atoms with Crippen LogP contribution in [0.25, 0.3) is 0 Å². The van der Waals surface area contributed by atoms with Crippen molar-refractivity contribution in [1.29, 1.82) is 0 Å². The van der Waals surface area contributed by atoms with Crippen LogP contribution in [0.4, 0.5) is 4.79 Å². The van der Waals surface area contributed by atoms with Gasteiger partial charge in [-0.15, -0.1) is 134 Å². The Kier molecular flexibility index (Phi) is 33.6. The summed E-state index contributed by atoms with van der Waals surface area (Å²) in [5, 5.41) is 0. The Morgan fingerprint density at radius 1 is 0.661 bits per heavy atom. The van der Waals surface area contributed by atoms with Gasteiger partial charge in [-0.25, -0.2) is 4.79 Å². The van der Waals surface area contributed by atoms with E-state index in [0.29, 0.717) is 19.3 Å². The van der Waals surface area contributed by atoms with Crippen molar-refractivity contribution in [2.24, 2.45) is 16.7 Å². The van der Waals surface area contributed by atoms with Gasteiger partial charge in [0.15, 0.2) is 11.7 Å². The van der Waals surface area contributed by atoms with Crippen molar-refractivity contribution in [2.45, 2.75) is 77.0 Å². The average molecular weight is 1500 g/mol. The first-order valence-corrected chi connectivity index (χ1v) is 77.8. The first-order valence-electron chi connectivity index (χ1n) is 17.5. The molecule has 4 rings (SSSR count). The standard InChI is InChI=1S/C20H63O7P35/c1-9-11(25-49(30)61(57(41)42)62(58(43)44)59(45)46)8-20-16(22-17(21)23-20)15-10(24-48(29)52(31)32)5-6-13(27-50(53(33)34)54(35)36)19(15,4)7-12(14(9)18(20,2)3)26-51(55(37)38)60(47-28)56(39)40/h5,11-13,15-16,47H,6-8,28-46H2,1-4H3/t11-,12+,13-,15-,16-,19+,20+,48?,49?,51?,60?,61?/m0/s1. The van der Waals surface area contributed by atoms with Crippen LogP contribution >= 0.6 is 285 Å². The van der Waals surface area contributed by atoms with Gasteiger partial charge in [-0.05, 0) is 92.9 Å². The molecule has 0 aromatic heterocycles. The van der Waals surface area contributed by atoms with Gasteiger partial charge in [0, 0.05) is 38.2 Å². The second kappa shape index (κ2) is 30.7. The van der Waals surface area contributed by atoms with Crippen LogP contribution < -0.4 is 0 Å². The van der Waals surface area contributed by atoms with Gasteiger partial charge >= 0.3 is 6.16 Å². The molecule has 2 fully saturated rings. The Balaban J connectivity index is 2.11. The molecular weight excluding hydrogens is 1440 g/mol. The van der Waals surface area contributed by atoms with E-state index in [9.17, 15) is 4.79 Å². The third-order valence-electron chi connectivity index (χ3n) is 10.8. The van der Waals surface area contributed by atoms with Crippen molar-refractivity contribution >= 4 is 291 Å². The number of rotatable bonds is 20. The molecule has 1 aliphatic heterocycles. The fraction of sp³-hybridized carbons (Fsp3) is 0.750. The summed E-state index contributed by atoms with van der Waals surface area (Å²) >= 11 is 0. The Bertz CT molecular complexity index is 1570. The summed E-state index contributed by atoms with van der Waals surface area (Å²) in [6.45, 7) is 4.41. The summed E-state index contributed by atoms with van der Waals surface area (Å²) in [5.41, 5.74) is 0.100. The van der Waals surface area contributed by atoms with Crippen LogP contribution in [0.3, 0.4) is 0 Å². The smallest absolute Gasteiger partial charge is 0.469 e. The highest BCUT2D eigenvalue weighted by Crippen LogP contribution is 3.21. The zero-order valence-corrected chi connectivity index (χ0v) is 70.5. The van der Waals surface area contributed by atoms with Crippen molar-refractivity contribution in [1.82, 2.24) is 0 Å². The van der Waals surface area contributed by atoms with Gasteiger partial charge in [0.1, 0.15) is 13.3 Å². The minimum absolute atomic E-state index is 0.177. The fourth-order valence-electron chi connectivity index (χ4n) is 8.27. The second-order valence-electron chi connectivity index (χ2n) is 14.7. The topological polar surface area (TPSA) is 72.5 Å². The quantitative estimate of drug-likeness (QED) is 0.0683. The lowest BCUT2D eigenvalue weighted by atomic mass is 9.49. The van der Waals surface area contributed by atoms with E-state index in [1.807, 2.05) is 0 Å². The van der Waals surface area contributed by atoms with Crippen molar-refractivity contribution in [3.63, 3.8) is 0 Å². The van der Waals surface area contributed by atoms with E-state index < -0.39 is 108 Å². The minimum Gasteiger partial charge on any atom is -0.469 e.